The van der Waals surface area contributed by atoms with Gasteiger partial charge in [0.25, 0.3) is 11.5 Å². The molecule has 0 aliphatic carbocycles. The molecule has 35 heavy (non-hydrogen) atoms. The van der Waals surface area contributed by atoms with E-state index in [1.165, 1.54) is 16.3 Å². The number of hydrogen-bond acceptors (Lipinski definition) is 6. The van der Waals surface area contributed by atoms with E-state index in [0.29, 0.717) is 11.4 Å². The van der Waals surface area contributed by atoms with Crippen molar-refractivity contribution in [1.82, 2.24) is 20.1 Å². The summed E-state index contributed by atoms with van der Waals surface area (Å²) in [5.41, 5.74) is 4.62. The average Bonchev–Trinajstić information content (AvgIpc) is 3.24. The van der Waals surface area contributed by atoms with Gasteiger partial charge in [0.1, 0.15) is 16.5 Å². The average molecular weight is 489 g/mol. The minimum Gasteiger partial charge on any atom is -0.481 e. The predicted octanol–water partition coefficient (Wildman–Crippen LogP) is 4.54. The Kier molecular flexibility index (Phi) is 7.41. The number of ether oxygens (including phenoxy) is 1. The van der Waals surface area contributed by atoms with Crippen molar-refractivity contribution in [2.45, 2.75) is 40.3 Å². The maximum atomic E-state index is 12.5. The molecule has 2 heterocycles. The molecule has 4 rings (SSSR count). The van der Waals surface area contributed by atoms with Crippen LogP contribution in [-0.2, 0) is 11.3 Å². The molecule has 2 aromatic heterocycles. The molecule has 7 nitrogen and oxygen atoms in total. The van der Waals surface area contributed by atoms with Crippen molar-refractivity contribution >= 4 is 17.2 Å². The van der Waals surface area contributed by atoms with Gasteiger partial charge in [0.05, 0.1) is 17.1 Å². The molecular formula is C27H28N4O3S. The molecule has 0 fully saturated rings. The van der Waals surface area contributed by atoms with E-state index in [0.717, 1.165) is 26.7 Å². The van der Waals surface area contributed by atoms with Crippen LogP contribution in [0.1, 0.15) is 23.7 Å². The van der Waals surface area contributed by atoms with Gasteiger partial charge >= 0.3 is 0 Å². The van der Waals surface area contributed by atoms with E-state index in [1.54, 1.807) is 24.3 Å². The fourth-order valence-electron chi connectivity index (χ4n) is 3.54. The minimum atomic E-state index is -0.663. The highest BCUT2D eigenvalue weighted by Crippen LogP contribution is 2.33. The molecule has 180 valence electrons. The Labute approximate surface area is 208 Å². The van der Waals surface area contributed by atoms with Gasteiger partial charge in [0.15, 0.2) is 6.10 Å². The monoisotopic (exact) mass is 488 g/mol. The quantitative estimate of drug-likeness (QED) is 0.393. The lowest BCUT2D eigenvalue weighted by molar-refractivity contribution is -0.127. The van der Waals surface area contributed by atoms with Crippen LogP contribution in [-0.4, -0.2) is 33.3 Å². The first kappa shape index (κ1) is 24.3. The number of aryl methyl sites for hydroxylation is 3. The summed E-state index contributed by atoms with van der Waals surface area (Å²) in [6.07, 6.45) is -0.663. The van der Waals surface area contributed by atoms with Gasteiger partial charge in [-0.15, -0.1) is 11.3 Å². The molecule has 4 aromatic rings. The molecular weight excluding hydrogens is 460 g/mol. The highest BCUT2D eigenvalue weighted by Gasteiger charge is 2.16. The van der Waals surface area contributed by atoms with Crippen molar-refractivity contribution in [3.05, 3.63) is 87.8 Å². The first-order valence-corrected chi connectivity index (χ1v) is 12.3. The topological polar surface area (TPSA) is 86.1 Å². The fraction of sp³-hybridized carbons (Fsp3) is 0.259. The number of nitrogens with one attached hydrogen (secondary N) is 1. The summed E-state index contributed by atoms with van der Waals surface area (Å²) in [5.74, 6) is 0.398. The maximum absolute atomic E-state index is 12.5. The van der Waals surface area contributed by atoms with Crippen molar-refractivity contribution in [2.24, 2.45) is 0 Å². The van der Waals surface area contributed by atoms with Gasteiger partial charge in [0.2, 0.25) is 0 Å². The third-order valence-electron chi connectivity index (χ3n) is 5.70. The number of nitrogens with zero attached hydrogens (tertiary/aromatic N) is 3. The van der Waals surface area contributed by atoms with Crippen LogP contribution in [0.3, 0.4) is 0 Å². The number of thiazole rings is 1. The Bertz CT molecular complexity index is 1400. The molecule has 1 amide bonds. The summed E-state index contributed by atoms with van der Waals surface area (Å²) in [7, 11) is 0. The van der Waals surface area contributed by atoms with Crippen LogP contribution in [0.15, 0.2) is 65.5 Å². The van der Waals surface area contributed by atoms with Gasteiger partial charge in [0, 0.05) is 18.2 Å². The zero-order chi connectivity index (χ0) is 24.9. The van der Waals surface area contributed by atoms with Crippen LogP contribution in [0, 0.1) is 20.8 Å². The summed E-state index contributed by atoms with van der Waals surface area (Å²) in [5, 5.41) is 8.26. The summed E-state index contributed by atoms with van der Waals surface area (Å²) in [6.45, 7) is 8.17. The molecule has 1 atom stereocenters. The molecule has 1 unspecified atom stereocenters. The lowest BCUT2D eigenvalue weighted by atomic mass is 10.1. The van der Waals surface area contributed by atoms with Crippen LogP contribution >= 0.6 is 11.3 Å². The van der Waals surface area contributed by atoms with Crippen molar-refractivity contribution in [3.8, 4) is 26.9 Å². The summed E-state index contributed by atoms with van der Waals surface area (Å²) in [4.78, 5) is 30.5. The Hall–Kier alpha value is -3.78. The lowest BCUT2D eigenvalue weighted by Gasteiger charge is -2.16. The van der Waals surface area contributed by atoms with E-state index in [2.05, 4.69) is 15.4 Å². The lowest BCUT2D eigenvalue weighted by Crippen LogP contribution is -2.39. The normalized spacial score (nSPS) is 11.8. The standard InChI is InChI=1S/C27H28N4O3S/c1-17-10-11-22(16-18(17)2)34-20(4)26(33)28-14-15-31-24(32)13-12-23(30-31)25-19(3)29-27(35-25)21-8-6-5-7-9-21/h5-13,16,20H,14-15H2,1-4H3,(H,28,33). The second-order valence-corrected chi connectivity index (χ2v) is 9.38. The van der Waals surface area contributed by atoms with E-state index < -0.39 is 6.10 Å². The molecule has 2 aromatic carbocycles. The van der Waals surface area contributed by atoms with E-state index >= 15 is 0 Å². The number of hydrogen-bond donors (Lipinski definition) is 1. The number of aromatic nitrogens is 3. The third kappa shape index (κ3) is 5.84. The largest absolute Gasteiger partial charge is 0.481 e. The third-order valence-corrected chi connectivity index (χ3v) is 6.93. The zero-order valence-electron chi connectivity index (χ0n) is 20.2. The maximum Gasteiger partial charge on any atom is 0.266 e. The highest BCUT2D eigenvalue weighted by atomic mass is 32.1. The van der Waals surface area contributed by atoms with Gasteiger partial charge in [-0.2, -0.15) is 5.10 Å². The number of carbonyl (C=O) groups is 1. The van der Waals surface area contributed by atoms with Gasteiger partial charge in [-0.05, 0) is 57.0 Å². The summed E-state index contributed by atoms with van der Waals surface area (Å²) in [6, 6.07) is 18.9. The SMILES string of the molecule is Cc1ccc(OC(C)C(=O)NCCn2nc(-c3sc(-c4ccccc4)nc3C)ccc2=O)cc1C. The Morgan fingerprint density at radius 1 is 1.06 bits per heavy atom. The first-order chi connectivity index (χ1) is 16.8. The van der Waals surface area contributed by atoms with Crippen molar-refractivity contribution in [2.75, 3.05) is 6.54 Å². The van der Waals surface area contributed by atoms with Crippen molar-refractivity contribution < 1.29 is 9.53 Å². The van der Waals surface area contributed by atoms with E-state index in [1.807, 2.05) is 69.3 Å². The van der Waals surface area contributed by atoms with Crippen LogP contribution in [0.4, 0.5) is 0 Å². The molecule has 0 saturated carbocycles. The molecule has 0 aliphatic rings. The number of benzene rings is 2. The first-order valence-electron chi connectivity index (χ1n) is 11.4. The molecule has 1 N–H and O–H groups in total. The Morgan fingerprint density at radius 3 is 2.57 bits per heavy atom. The molecule has 8 heteroatoms. The second-order valence-electron chi connectivity index (χ2n) is 8.38. The second kappa shape index (κ2) is 10.7. The summed E-state index contributed by atoms with van der Waals surface area (Å²) < 4.78 is 7.13. The molecule has 0 saturated heterocycles. The van der Waals surface area contributed by atoms with Crippen LogP contribution in [0.2, 0.25) is 0 Å². The van der Waals surface area contributed by atoms with Gasteiger partial charge in [-0.1, -0.05) is 36.4 Å². The van der Waals surface area contributed by atoms with Crippen molar-refractivity contribution in [1.29, 1.82) is 0 Å². The van der Waals surface area contributed by atoms with Gasteiger partial charge < -0.3 is 10.1 Å². The Balaban J connectivity index is 1.40. The van der Waals surface area contributed by atoms with Crippen molar-refractivity contribution in [3.63, 3.8) is 0 Å². The predicted molar refractivity (Wildman–Crippen MR) is 139 cm³/mol. The van der Waals surface area contributed by atoms with Gasteiger partial charge in [-0.3, -0.25) is 9.59 Å². The van der Waals surface area contributed by atoms with E-state index in [4.69, 9.17) is 4.74 Å². The van der Waals surface area contributed by atoms with Crippen LogP contribution < -0.4 is 15.6 Å². The number of rotatable bonds is 8. The molecule has 0 bridgehead atoms. The smallest absolute Gasteiger partial charge is 0.266 e. The van der Waals surface area contributed by atoms with Crippen LogP contribution in [0.5, 0.6) is 5.75 Å². The van der Waals surface area contributed by atoms with E-state index in [9.17, 15) is 9.59 Å². The molecule has 0 aliphatic heterocycles. The Morgan fingerprint density at radius 2 is 1.83 bits per heavy atom. The van der Waals surface area contributed by atoms with Gasteiger partial charge in [-0.25, -0.2) is 9.67 Å². The highest BCUT2D eigenvalue weighted by molar-refractivity contribution is 7.18. The van der Waals surface area contributed by atoms with Crippen LogP contribution in [0.25, 0.3) is 21.1 Å². The number of carbonyl (C=O) groups excluding carboxylic acids is 1. The number of amides is 1. The summed E-state index contributed by atoms with van der Waals surface area (Å²) >= 11 is 1.54. The fourth-order valence-corrected chi connectivity index (χ4v) is 4.58. The molecule has 0 spiro atoms. The molecule has 0 radical (unpaired) electrons. The minimum absolute atomic E-state index is 0.229. The zero-order valence-corrected chi connectivity index (χ0v) is 21.1. The van der Waals surface area contributed by atoms with E-state index in [-0.39, 0.29) is 24.6 Å².